The summed E-state index contributed by atoms with van der Waals surface area (Å²) in [5, 5.41) is 9.60. The van der Waals surface area contributed by atoms with Gasteiger partial charge in [0.2, 0.25) is 0 Å². The molecular formula is C4H5FN2O3. The number of hydrogen-bond acceptors (Lipinski definition) is 2. The van der Waals surface area contributed by atoms with Gasteiger partial charge in [0.15, 0.2) is 5.70 Å². The third-order valence-corrected chi connectivity index (χ3v) is 0.597. The molecule has 0 heterocycles. The van der Waals surface area contributed by atoms with Crippen molar-refractivity contribution in [3.05, 3.63) is 12.0 Å². The molecule has 0 aliphatic rings. The molecule has 0 bridgehead atoms. The molecule has 10 heavy (non-hydrogen) atoms. The van der Waals surface area contributed by atoms with E-state index in [2.05, 4.69) is 5.73 Å². The van der Waals surface area contributed by atoms with Crippen LogP contribution in [-0.4, -0.2) is 17.1 Å². The van der Waals surface area contributed by atoms with Crippen LogP contribution in [0.2, 0.25) is 0 Å². The van der Waals surface area contributed by atoms with Crippen LogP contribution in [0.15, 0.2) is 12.0 Å². The van der Waals surface area contributed by atoms with Crippen molar-refractivity contribution >= 4 is 12.0 Å². The van der Waals surface area contributed by atoms with Gasteiger partial charge < -0.3 is 10.8 Å². The standard InChI is InChI=1S/C4H5FN2O3/c5-1-2(3(8)9)7-4(6)10/h1H,(H,8,9)(H3,6,7,10). The Hall–Kier alpha value is -1.59. The van der Waals surface area contributed by atoms with E-state index in [1.807, 2.05) is 0 Å². The van der Waals surface area contributed by atoms with Crippen molar-refractivity contribution < 1.29 is 19.1 Å². The number of amides is 2. The zero-order chi connectivity index (χ0) is 8.15. The van der Waals surface area contributed by atoms with Gasteiger partial charge in [0.25, 0.3) is 0 Å². The molecule has 2 amide bonds. The number of halogens is 1. The van der Waals surface area contributed by atoms with Gasteiger partial charge in [-0.1, -0.05) is 0 Å². The largest absolute Gasteiger partial charge is 0.477 e. The SMILES string of the molecule is NC(=O)NC(=CF)C(=O)O. The quantitative estimate of drug-likeness (QED) is 0.463. The molecule has 0 saturated heterocycles. The number of hydrogen-bond donors (Lipinski definition) is 3. The van der Waals surface area contributed by atoms with Crippen LogP contribution in [0.25, 0.3) is 0 Å². The summed E-state index contributed by atoms with van der Waals surface area (Å²) in [7, 11) is 0. The minimum Gasteiger partial charge on any atom is -0.477 e. The Kier molecular flexibility index (Phi) is 2.89. The summed E-state index contributed by atoms with van der Waals surface area (Å²) < 4.78 is 11.5. The summed E-state index contributed by atoms with van der Waals surface area (Å²) in [6.45, 7) is 0. The fraction of sp³-hybridized carbons (Fsp3) is 0. The Balaban J connectivity index is 4.12. The molecule has 0 saturated carbocycles. The van der Waals surface area contributed by atoms with Crippen molar-refractivity contribution in [3.63, 3.8) is 0 Å². The lowest BCUT2D eigenvalue weighted by molar-refractivity contribution is -0.133. The smallest absolute Gasteiger partial charge is 0.354 e. The molecule has 0 aliphatic heterocycles. The topological polar surface area (TPSA) is 92.4 Å². The molecule has 4 N–H and O–H groups in total. The normalized spacial score (nSPS) is 10.7. The Bertz CT molecular complexity index is 189. The monoisotopic (exact) mass is 148 g/mol. The predicted octanol–water partition coefficient (Wildman–Crippen LogP) is -0.450. The van der Waals surface area contributed by atoms with E-state index in [1.165, 1.54) is 0 Å². The predicted molar refractivity (Wildman–Crippen MR) is 29.5 cm³/mol. The maximum atomic E-state index is 11.5. The fourth-order valence-corrected chi connectivity index (χ4v) is 0.260. The lowest BCUT2D eigenvalue weighted by Crippen LogP contribution is -2.31. The molecule has 0 spiro atoms. The Morgan fingerprint density at radius 3 is 2.20 bits per heavy atom. The van der Waals surface area contributed by atoms with Crippen molar-refractivity contribution in [2.24, 2.45) is 5.73 Å². The van der Waals surface area contributed by atoms with E-state index in [4.69, 9.17) is 5.11 Å². The van der Waals surface area contributed by atoms with Crippen LogP contribution in [0.4, 0.5) is 9.18 Å². The van der Waals surface area contributed by atoms with Gasteiger partial charge in [-0.15, -0.1) is 0 Å². The Labute approximate surface area is 55.3 Å². The summed E-state index contributed by atoms with van der Waals surface area (Å²) in [6, 6.07) is -1.12. The van der Waals surface area contributed by atoms with E-state index in [9.17, 15) is 14.0 Å². The van der Waals surface area contributed by atoms with E-state index in [1.54, 1.807) is 5.32 Å². The molecule has 0 unspecified atom stereocenters. The van der Waals surface area contributed by atoms with Gasteiger partial charge in [0.05, 0.1) is 0 Å². The maximum Gasteiger partial charge on any atom is 0.354 e. The van der Waals surface area contributed by atoms with E-state index in [0.717, 1.165) is 0 Å². The summed E-state index contributed by atoms with van der Waals surface area (Å²) in [4.78, 5) is 19.8. The molecule has 0 rings (SSSR count). The molecule has 0 aliphatic carbocycles. The second-order valence-corrected chi connectivity index (χ2v) is 1.32. The van der Waals surface area contributed by atoms with Gasteiger partial charge in [-0.05, 0) is 0 Å². The number of urea groups is 1. The number of nitrogens with two attached hydrogens (primary N) is 1. The molecule has 0 aromatic carbocycles. The summed E-state index contributed by atoms with van der Waals surface area (Å²) in [5.41, 5.74) is 3.60. The zero-order valence-electron chi connectivity index (χ0n) is 4.80. The van der Waals surface area contributed by atoms with Crippen LogP contribution < -0.4 is 11.1 Å². The van der Waals surface area contributed by atoms with Crippen molar-refractivity contribution in [3.8, 4) is 0 Å². The van der Waals surface area contributed by atoms with Crippen LogP contribution >= 0.6 is 0 Å². The van der Waals surface area contributed by atoms with Crippen LogP contribution in [0, 0.1) is 0 Å². The number of primary amides is 1. The maximum absolute atomic E-state index is 11.5. The van der Waals surface area contributed by atoms with Crippen LogP contribution in [-0.2, 0) is 4.79 Å². The molecule has 5 nitrogen and oxygen atoms in total. The minimum atomic E-state index is -1.58. The highest BCUT2D eigenvalue weighted by Crippen LogP contribution is 1.87. The minimum absolute atomic E-state index is 0.257. The van der Waals surface area contributed by atoms with Crippen molar-refractivity contribution in [1.29, 1.82) is 0 Å². The van der Waals surface area contributed by atoms with Crippen LogP contribution in [0.5, 0.6) is 0 Å². The second kappa shape index (κ2) is 3.44. The second-order valence-electron chi connectivity index (χ2n) is 1.32. The van der Waals surface area contributed by atoms with Gasteiger partial charge in [-0.3, -0.25) is 5.32 Å². The van der Waals surface area contributed by atoms with Crippen molar-refractivity contribution in [1.82, 2.24) is 5.32 Å². The number of rotatable bonds is 2. The summed E-state index contributed by atoms with van der Waals surface area (Å²) >= 11 is 0. The lowest BCUT2D eigenvalue weighted by atomic mass is 10.5. The molecular weight excluding hydrogens is 143 g/mol. The van der Waals surface area contributed by atoms with Gasteiger partial charge in [0, 0.05) is 0 Å². The van der Waals surface area contributed by atoms with Crippen LogP contribution in [0.3, 0.4) is 0 Å². The van der Waals surface area contributed by atoms with Crippen LogP contribution in [0.1, 0.15) is 0 Å². The molecule has 56 valence electrons. The highest BCUT2D eigenvalue weighted by molar-refractivity contribution is 5.91. The number of aliphatic carboxylic acids is 1. The molecule has 0 fully saturated rings. The van der Waals surface area contributed by atoms with Gasteiger partial charge in [0.1, 0.15) is 6.33 Å². The Morgan fingerprint density at radius 1 is 1.60 bits per heavy atom. The number of carboxylic acids is 1. The first-order valence-electron chi connectivity index (χ1n) is 2.18. The van der Waals surface area contributed by atoms with E-state index >= 15 is 0 Å². The van der Waals surface area contributed by atoms with Crippen molar-refractivity contribution in [2.75, 3.05) is 0 Å². The average Bonchev–Trinajstić information content (AvgIpc) is 1.81. The van der Waals surface area contributed by atoms with E-state index in [0.29, 0.717) is 0 Å². The highest BCUT2D eigenvalue weighted by Gasteiger charge is 2.07. The van der Waals surface area contributed by atoms with Gasteiger partial charge in [-0.25, -0.2) is 14.0 Å². The first-order chi connectivity index (χ1) is 4.57. The molecule has 0 radical (unpaired) electrons. The van der Waals surface area contributed by atoms with E-state index < -0.39 is 17.7 Å². The highest BCUT2D eigenvalue weighted by atomic mass is 19.1. The molecule has 6 heteroatoms. The zero-order valence-corrected chi connectivity index (χ0v) is 4.80. The Morgan fingerprint density at radius 2 is 2.10 bits per heavy atom. The number of nitrogens with one attached hydrogen (secondary N) is 1. The molecule has 0 aromatic rings. The summed E-state index contributed by atoms with van der Waals surface area (Å²) in [6.07, 6.45) is -0.257. The fourth-order valence-electron chi connectivity index (χ4n) is 0.260. The molecule has 0 aromatic heterocycles. The third-order valence-electron chi connectivity index (χ3n) is 0.597. The number of carbonyl (C=O) groups is 2. The first-order valence-corrected chi connectivity index (χ1v) is 2.18. The first kappa shape index (κ1) is 8.41. The van der Waals surface area contributed by atoms with Crippen molar-refractivity contribution in [2.45, 2.75) is 0 Å². The average molecular weight is 148 g/mol. The summed E-state index contributed by atoms with van der Waals surface area (Å²) in [5.74, 6) is -1.58. The lowest BCUT2D eigenvalue weighted by Gasteiger charge is -1.97. The third kappa shape index (κ3) is 2.65. The van der Waals surface area contributed by atoms with Gasteiger partial charge >= 0.3 is 12.0 Å². The molecule has 0 atom stereocenters. The number of carboxylic acid groups (broad SMARTS) is 1. The number of carbonyl (C=O) groups excluding carboxylic acids is 1. The van der Waals surface area contributed by atoms with E-state index in [-0.39, 0.29) is 6.33 Å². The van der Waals surface area contributed by atoms with Gasteiger partial charge in [-0.2, -0.15) is 0 Å².